The number of para-hydroxylation sites is 1. The Bertz CT molecular complexity index is 924. The summed E-state index contributed by atoms with van der Waals surface area (Å²) in [6, 6.07) is 17.8. The number of allylic oxidation sites excluding steroid dienone is 2. The van der Waals surface area contributed by atoms with Gasteiger partial charge in [-0.3, -0.25) is 0 Å². The van der Waals surface area contributed by atoms with E-state index < -0.39 is 0 Å². The van der Waals surface area contributed by atoms with Crippen molar-refractivity contribution in [2.45, 2.75) is 6.54 Å². The molecule has 2 nitrogen and oxygen atoms in total. The van der Waals surface area contributed by atoms with Crippen molar-refractivity contribution >= 4 is 34.2 Å². The highest BCUT2D eigenvalue weighted by Gasteiger charge is 2.08. The second kappa shape index (κ2) is 6.56. The molecule has 0 atom stereocenters. The number of halogens is 1. The van der Waals surface area contributed by atoms with Gasteiger partial charge in [0.2, 0.25) is 0 Å². The van der Waals surface area contributed by atoms with E-state index in [0.29, 0.717) is 10.6 Å². The molecule has 0 saturated carbocycles. The van der Waals surface area contributed by atoms with Crippen LogP contribution in [0, 0.1) is 11.3 Å². The van der Waals surface area contributed by atoms with Crippen molar-refractivity contribution in [2.75, 3.05) is 0 Å². The van der Waals surface area contributed by atoms with E-state index >= 15 is 0 Å². The highest BCUT2D eigenvalue weighted by Crippen LogP contribution is 2.26. The predicted octanol–water partition coefficient (Wildman–Crippen LogP) is 5.54. The maximum Gasteiger partial charge on any atom is 0.0998 e. The molecule has 1 heterocycles. The predicted molar refractivity (Wildman–Crippen MR) is 97.1 cm³/mol. The number of rotatable bonds is 4. The van der Waals surface area contributed by atoms with Crippen molar-refractivity contribution in [2.24, 2.45) is 0 Å². The topological polar surface area (TPSA) is 28.7 Å². The van der Waals surface area contributed by atoms with Gasteiger partial charge in [0.15, 0.2) is 0 Å². The second-order valence-corrected chi connectivity index (χ2v) is 5.66. The maximum absolute atomic E-state index is 9.52. The maximum atomic E-state index is 9.52. The number of nitriles is 1. The average Bonchev–Trinajstić information content (AvgIpc) is 2.92. The summed E-state index contributed by atoms with van der Waals surface area (Å²) in [7, 11) is 0. The van der Waals surface area contributed by atoms with Crippen LogP contribution in [0.2, 0.25) is 5.02 Å². The van der Waals surface area contributed by atoms with E-state index in [0.717, 1.165) is 28.6 Å². The lowest BCUT2D eigenvalue weighted by atomic mass is 10.0. The molecule has 0 spiro atoms. The summed E-state index contributed by atoms with van der Waals surface area (Å²) in [5, 5.41) is 11.3. The summed E-state index contributed by atoms with van der Waals surface area (Å²) in [5.74, 6) is 0. The fraction of sp³-hybridized carbons (Fsp3) is 0.0500. The van der Waals surface area contributed by atoms with Crippen LogP contribution in [-0.2, 0) is 6.54 Å². The Morgan fingerprint density at radius 1 is 1.17 bits per heavy atom. The van der Waals surface area contributed by atoms with Gasteiger partial charge in [0, 0.05) is 34.2 Å². The van der Waals surface area contributed by atoms with Crippen molar-refractivity contribution < 1.29 is 0 Å². The molecule has 23 heavy (non-hydrogen) atoms. The van der Waals surface area contributed by atoms with Gasteiger partial charge in [0.1, 0.15) is 0 Å². The Morgan fingerprint density at radius 3 is 2.61 bits per heavy atom. The fourth-order valence-electron chi connectivity index (χ4n) is 2.65. The number of fused-ring (bicyclic) bond motifs is 1. The Kier molecular flexibility index (Phi) is 4.32. The van der Waals surface area contributed by atoms with Crippen LogP contribution in [0.5, 0.6) is 0 Å². The van der Waals surface area contributed by atoms with Crippen molar-refractivity contribution in [3.8, 4) is 6.07 Å². The third-order valence-electron chi connectivity index (χ3n) is 3.72. The van der Waals surface area contributed by atoms with Crippen LogP contribution in [0.3, 0.4) is 0 Å². The zero-order chi connectivity index (χ0) is 16.2. The summed E-state index contributed by atoms with van der Waals surface area (Å²) in [5.41, 5.74) is 3.63. The Balaban J connectivity index is 2.13. The van der Waals surface area contributed by atoms with Gasteiger partial charge in [-0.05, 0) is 29.8 Å². The van der Waals surface area contributed by atoms with E-state index in [-0.39, 0.29) is 0 Å². The van der Waals surface area contributed by atoms with Gasteiger partial charge in [-0.1, -0.05) is 48.0 Å². The first-order valence-electron chi connectivity index (χ1n) is 7.29. The van der Waals surface area contributed by atoms with Gasteiger partial charge in [-0.25, -0.2) is 0 Å². The first-order chi connectivity index (χ1) is 11.2. The molecule has 2 aromatic carbocycles. The molecule has 0 bridgehead atoms. The van der Waals surface area contributed by atoms with Crippen LogP contribution in [-0.4, -0.2) is 4.57 Å². The monoisotopic (exact) mass is 318 g/mol. The first-order valence-corrected chi connectivity index (χ1v) is 7.67. The van der Waals surface area contributed by atoms with E-state index in [9.17, 15) is 5.26 Å². The molecule has 0 aliphatic carbocycles. The van der Waals surface area contributed by atoms with Crippen molar-refractivity contribution in [1.82, 2.24) is 4.57 Å². The normalized spacial score (nSPS) is 11.4. The molecule has 0 amide bonds. The molecule has 3 aromatic rings. The van der Waals surface area contributed by atoms with Crippen molar-refractivity contribution in [3.05, 3.63) is 83.5 Å². The van der Waals surface area contributed by atoms with Crippen LogP contribution < -0.4 is 0 Å². The largest absolute Gasteiger partial charge is 0.343 e. The summed E-state index contributed by atoms with van der Waals surface area (Å²) in [6.07, 6.45) is 5.84. The fourth-order valence-corrected chi connectivity index (χ4v) is 2.77. The lowest BCUT2D eigenvalue weighted by Crippen LogP contribution is -1.91. The molecular weight excluding hydrogens is 304 g/mol. The van der Waals surface area contributed by atoms with Crippen LogP contribution in [0.15, 0.2) is 67.4 Å². The molecule has 0 saturated heterocycles. The molecule has 3 heteroatoms. The van der Waals surface area contributed by atoms with Crippen LogP contribution in [0.25, 0.3) is 22.6 Å². The molecule has 0 aliphatic rings. The van der Waals surface area contributed by atoms with E-state index in [1.54, 1.807) is 12.1 Å². The number of hydrogen-bond donors (Lipinski definition) is 0. The average molecular weight is 319 g/mol. The minimum absolute atomic E-state index is 0.614. The Morgan fingerprint density at radius 2 is 1.91 bits per heavy atom. The number of aromatic nitrogens is 1. The SMILES string of the molecule is C=CCn1cc(/C=C(\C#N)c2ccc(Cl)cc2)c2ccccc21. The molecule has 3 rings (SSSR count). The molecule has 0 fully saturated rings. The minimum Gasteiger partial charge on any atom is -0.343 e. The third kappa shape index (κ3) is 3.06. The first kappa shape index (κ1) is 15.1. The lowest BCUT2D eigenvalue weighted by molar-refractivity contribution is 0.865. The van der Waals surface area contributed by atoms with Crippen LogP contribution in [0.4, 0.5) is 0 Å². The van der Waals surface area contributed by atoms with E-state index in [1.165, 1.54) is 0 Å². The van der Waals surface area contributed by atoms with Gasteiger partial charge in [0.25, 0.3) is 0 Å². The van der Waals surface area contributed by atoms with Crippen LogP contribution in [0.1, 0.15) is 11.1 Å². The lowest BCUT2D eigenvalue weighted by Gasteiger charge is -1.99. The Labute approximate surface area is 140 Å². The second-order valence-electron chi connectivity index (χ2n) is 5.22. The number of hydrogen-bond acceptors (Lipinski definition) is 1. The minimum atomic E-state index is 0.614. The summed E-state index contributed by atoms with van der Waals surface area (Å²) in [4.78, 5) is 0. The third-order valence-corrected chi connectivity index (χ3v) is 3.97. The van der Waals surface area contributed by atoms with Gasteiger partial charge in [-0.2, -0.15) is 5.26 Å². The molecule has 0 N–H and O–H groups in total. The van der Waals surface area contributed by atoms with E-state index in [1.807, 2.05) is 36.4 Å². The van der Waals surface area contributed by atoms with Crippen LogP contribution >= 0.6 is 11.6 Å². The van der Waals surface area contributed by atoms with E-state index in [4.69, 9.17) is 11.6 Å². The smallest absolute Gasteiger partial charge is 0.0998 e. The van der Waals surface area contributed by atoms with Crippen molar-refractivity contribution in [1.29, 1.82) is 5.26 Å². The summed E-state index contributed by atoms with van der Waals surface area (Å²) < 4.78 is 2.13. The van der Waals surface area contributed by atoms with Gasteiger partial charge >= 0.3 is 0 Å². The highest BCUT2D eigenvalue weighted by molar-refractivity contribution is 6.30. The zero-order valence-corrected chi connectivity index (χ0v) is 13.3. The molecule has 0 radical (unpaired) electrons. The summed E-state index contributed by atoms with van der Waals surface area (Å²) >= 11 is 5.92. The summed E-state index contributed by atoms with van der Waals surface area (Å²) in [6.45, 7) is 4.54. The Hall–Kier alpha value is -2.76. The van der Waals surface area contributed by atoms with E-state index in [2.05, 4.69) is 35.5 Å². The molecule has 1 aromatic heterocycles. The zero-order valence-electron chi connectivity index (χ0n) is 12.5. The van der Waals surface area contributed by atoms with Gasteiger partial charge in [0.05, 0.1) is 11.6 Å². The van der Waals surface area contributed by atoms with Gasteiger partial charge in [-0.15, -0.1) is 6.58 Å². The number of benzene rings is 2. The standard InChI is InChI=1S/C20H15ClN2/c1-2-11-23-14-17(19-5-3-4-6-20(19)23)12-16(13-22)15-7-9-18(21)10-8-15/h2-10,12,14H,1,11H2/b16-12+. The highest BCUT2D eigenvalue weighted by atomic mass is 35.5. The molecular formula is C20H15ClN2. The molecule has 0 aliphatic heterocycles. The molecule has 112 valence electrons. The van der Waals surface area contributed by atoms with Crippen molar-refractivity contribution in [3.63, 3.8) is 0 Å². The quantitative estimate of drug-likeness (QED) is 0.458. The molecule has 0 unspecified atom stereocenters. The number of nitrogens with zero attached hydrogens (tertiary/aromatic N) is 2. The van der Waals surface area contributed by atoms with Gasteiger partial charge < -0.3 is 4.57 Å².